The molecule has 0 saturated heterocycles. The molecule has 2 aromatic carbocycles. The number of benzene rings is 2. The van der Waals surface area contributed by atoms with Crippen LogP contribution in [0.5, 0.6) is 0 Å². The van der Waals surface area contributed by atoms with Gasteiger partial charge in [0.2, 0.25) is 0 Å². The zero-order chi connectivity index (χ0) is 17.2. The predicted octanol–water partition coefficient (Wildman–Crippen LogP) is 1.96. The monoisotopic (exact) mass is 341 g/mol. The molecule has 0 aromatic heterocycles. The second kappa shape index (κ2) is 9.80. The molecule has 0 saturated carbocycles. The van der Waals surface area contributed by atoms with Crippen molar-refractivity contribution in [3.8, 4) is 0 Å². The maximum Gasteiger partial charge on any atom is 0.166 e. The Morgan fingerprint density at radius 3 is 2.42 bits per heavy atom. The molecular formula is C19H23N3OS. The smallest absolute Gasteiger partial charge is 0.166 e. The fraction of sp³-hybridized carbons (Fsp3) is 0.263. The van der Waals surface area contributed by atoms with E-state index in [2.05, 4.69) is 22.8 Å². The van der Waals surface area contributed by atoms with E-state index in [1.807, 2.05) is 42.5 Å². The SMILES string of the molecule is NCC(=O)Cc1cccc(CNC(=S)NCCc2ccccc2)c1. The Morgan fingerprint density at radius 1 is 0.958 bits per heavy atom. The molecule has 4 N–H and O–H groups in total. The van der Waals surface area contributed by atoms with E-state index in [1.54, 1.807) is 0 Å². The number of hydrogen-bond acceptors (Lipinski definition) is 3. The minimum atomic E-state index is 0.0400. The quantitative estimate of drug-likeness (QED) is 0.641. The molecule has 0 bridgehead atoms. The summed E-state index contributed by atoms with van der Waals surface area (Å²) in [6.45, 7) is 1.50. The molecule has 0 aliphatic rings. The first kappa shape index (κ1) is 18.1. The van der Waals surface area contributed by atoms with Gasteiger partial charge in [0.15, 0.2) is 10.9 Å². The van der Waals surface area contributed by atoms with Crippen LogP contribution < -0.4 is 16.4 Å². The number of carbonyl (C=O) groups is 1. The molecule has 0 atom stereocenters. The second-order valence-corrected chi connectivity index (χ2v) is 5.99. The Kier molecular flexibility index (Phi) is 7.39. The van der Waals surface area contributed by atoms with Gasteiger partial charge >= 0.3 is 0 Å². The van der Waals surface area contributed by atoms with E-state index in [9.17, 15) is 4.79 Å². The summed E-state index contributed by atoms with van der Waals surface area (Å²) in [5, 5.41) is 7.03. The Hall–Kier alpha value is -2.24. The van der Waals surface area contributed by atoms with Gasteiger partial charge in [-0.1, -0.05) is 54.6 Å². The van der Waals surface area contributed by atoms with Crippen LogP contribution in [-0.4, -0.2) is 24.0 Å². The van der Waals surface area contributed by atoms with Crippen molar-refractivity contribution in [1.82, 2.24) is 10.6 Å². The summed E-state index contributed by atoms with van der Waals surface area (Å²) < 4.78 is 0. The zero-order valence-corrected chi connectivity index (χ0v) is 14.4. The third-order valence-electron chi connectivity index (χ3n) is 3.62. The highest BCUT2D eigenvalue weighted by atomic mass is 32.1. The van der Waals surface area contributed by atoms with Crippen LogP contribution in [-0.2, 0) is 24.2 Å². The first-order chi connectivity index (χ1) is 11.7. The van der Waals surface area contributed by atoms with E-state index >= 15 is 0 Å². The maximum atomic E-state index is 11.4. The van der Waals surface area contributed by atoms with Crippen molar-refractivity contribution in [2.75, 3.05) is 13.1 Å². The highest BCUT2D eigenvalue weighted by Gasteiger charge is 2.03. The number of ketones is 1. The van der Waals surface area contributed by atoms with Crippen LogP contribution in [0, 0.1) is 0 Å². The Balaban J connectivity index is 1.73. The van der Waals surface area contributed by atoms with Gasteiger partial charge in [0, 0.05) is 19.5 Å². The fourth-order valence-electron chi connectivity index (χ4n) is 2.36. The fourth-order valence-corrected chi connectivity index (χ4v) is 2.53. The second-order valence-electron chi connectivity index (χ2n) is 5.58. The van der Waals surface area contributed by atoms with Gasteiger partial charge in [-0.25, -0.2) is 0 Å². The van der Waals surface area contributed by atoms with Gasteiger partial charge in [0.05, 0.1) is 6.54 Å². The summed E-state index contributed by atoms with van der Waals surface area (Å²) in [5.41, 5.74) is 8.71. The lowest BCUT2D eigenvalue weighted by Gasteiger charge is -2.11. The minimum absolute atomic E-state index is 0.0400. The van der Waals surface area contributed by atoms with Crippen molar-refractivity contribution in [3.63, 3.8) is 0 Å². The molecule has 2 aromatic rings. The standard InChI is InChI=1S/C19H23N3OS/c20-13-18(23)12-16-7-4-8-17(11-16)14-22-19(24)21-10-9-15-5-2-1-3-6-15/h1-8,11H,9-10,12-14,20H2,(H2,21,22,24). The molecule has 0 fully saturated rings. The topological polar surface area (TPSA) is 67.2 Å². The number of nitrogens with one attached hydrogen (secondary N) is 2. The number of thiocarbonyl (C=S) groups is 1. The zero-order valence-electron chi connectivity index (χ0n) is 13.6. The van der Waals surface area contributed by atoms with Crippen molar-refractivity contribution in [2.24, 2.45) is 5.73 Å². The first-order valence-corrected chi connectivity index (χ1v) is 8.43. The number of carbonyl (C=O) groups excluding carboxylic acids is 1. The maximum absolute atomic E-state index is 11.4. The molecule has 126 valence electrons. The molecule has 0 amide bonds. The highest BCUT2D eigenvalue weighted by molar-refractivity contribution is 7.80. The normalized spacial score (nSPS) is 10.2. The molecule has 4 nitrogen and oxygen atoms in total. The molecule has 0 spiro atoms. The summed E-state index contributed by atoms with van der Waals surface area (Å²) in [5.74, 6) is 0.0400. The highest BCUT2D eigenvalue weighted by Crippen LogP contribution is 2.06. The van der Waals surface area contributed by atoms with Gasteiger partial charge in [0.25, 0.3) is 0 Å². The number of nitrogens with two attached hydrogens (primary N) is 1. The Bertz CT molecular complexity index is 673. The summed E-state index contributed by atoms with van der Waals surface area (Å²) in [6.07, 6.45) is 1.31. The van der Waals surface area contributed by atoms with E-state index in [4.69, 9.17) is 18.0 Å². The van der Waals surface area contributed by atoms with Crippen LogP contribution >= 0.6 is 12.2 Å². The summed E-state index contributed by atoms with van der Waals surface area (Å²) in [6, 6.07) is 18.2. The Morgan fingerprint density at radius 2 is 1.67 bits per heavy atom. The average molecular weight is 341 g/mol. The number of Topliss-reactive ketones (excluding diaryl/α,β-unsaturated/α-hetero) is 1. The van der Waals surface area contributed by atoms with Gasteiger partial charge in [-0.15, -0.1) is 0 Å². The molecule has 0 radical (unpaired) electrons. The summed E-state index contributed by atoms with van der Waals surface area (Å²) >= 11 is 5.30. The van der Waals surface area contributed by atoms with E-state index in [0.29, 0.717) is 18.1 Å². The first-order valence-electron chi connectivity index (χ1n) is 8.02. The van der Waals surface area contributed by atoms with E-state index in [-0.39, 0.29) is 12.3 Å². The van der Waals surface area contributed by atoms with Crippen LogP contribution in [0.4, 0.5) is 0 Å². The summed E-state index contributed by atoms with van der Waals surface area (Å²) in [4.78, 5) is 11.4. The van der Waals surface area contributed by atoms with E-state index in [0.717, 1.165) is 24.1 Å². The molecule has 0 heterocycles. The van der Waals surface area contributed by atoms with Crippen molar-refractivity contribution in [3.05, 3.63) is 71.3 Å². The van der Waals surface area contributed by atoms with Gasteiger partial charge in [-0.3, -0.25) is 4.79 Å². The van der Waals surface area contributed by atoms with Crippen molar-refractivity contribution >= 4 is 23.1 Å². The van der Waals surface area contributed by atoms with Crippen molar-refractivity contribution < 1.29 is 4.79 Å². The van der Waals surface area contributed by atoms with Crippen LogP contribution in [0.3, 0.4) is 0 Å². The van der Waals surface area contributed by atoms with Crippen molar-refractivity contribution in [1.29, 1.82) is 0 Å². The third kappa shape index (κ3) is 6.48. The van der Waals surface area contributed by atoms with E-state index < -0.39 is 0 Å². The lowest BCUT2D eigenvalue weighted by atomic mass is 10.1. The molecular weight excluding hydrogens is 318 g/mol. The van der Waals surface area contributed by atoms with E-state index in [1.165, 1.54) is 5.56 Å². The van der Waals surface area contributed by atoms with Gasteiger partial charge in [0.1, 0.15) is 0 Å². The average Bonchev–Trinajstić information content (AvgIpc) is 2.61. The van der Waals surface area contributed by atoms with Gasteiger partial charge < -0.3 is 16.4 Å². The van der Waals surface area contributed by atoms with Crippen molar-refractivity contribution in [2.45, 2.75) is 19.4 Å². The van der Waals surface area contributed by atoms with Crippen LogP contribution in [0.2, 0.25) is 0 Å². The van der Waals surface area contributed by atoms with Crippen LogP contribution in [0.25, 0.3) is 0 Å². The number of rotatable bonds is 8. The van der Waals surface area contributed by atoms with Crippen LogP contribution in [0.1, 0.15) is 16.7 Å². The molecule has 0 unspecified atom stereocenters. The lowest BCUT2D eigenvalue weighted by molar-refractivity contribution is -0.117. The van der Waals surface area contributed by atoms with Crippen LogP contribution in [0.15, 0.2) is 54.6 Å². The Labute approximate surface area is 148 Å². The largest absolute Gasteiger partial charge is 0.362 e. The minimum Gasteiger partial charge on any atom is -0.362 e. The van der Waals surface area contributed by atoms with Gasteiger partial charge in [-0.05, 0) is 35.3 Å². The summed E-state index contributed by atoms with van der Waals surface area (Å²) in [7, 11) is 0. The number of hydrogen-bond donors (Lipinski definition) is 3. The predicted molar refractivity (Wildman–Crippen MR) is 102 cm³/mol. The molecule has 0 aliphatic heterocycles. The van der Waals surface area contributed by atoms with Gasteiger partial charge in [-0.2, -0.15) is 0 Å². The molecule has 24 heavy (non-hydrogen) atoms. The molecule has 0 aliphatic carbocycles. The third-order valence-corrected chi connectivity index (χ3v) is 3.90. The molecule has 5 heteroatoms. The molecule has 2 rings (SSSR count). The lowest BCUT2D eigenvalue weighted by Crippen LogP contribution is -2.35.